The summed E-state index contributed by atoms with van der Waals surface area (Å²) in [6.07, 6.45) is 6.17. The molecule has 2 atom stereocenters. The Labute approximate surface area is 95.2 Å². The van der Waals surface area contributed by atoms with Crippen molar-refractivity contribution in [3.63, 3.8) is 0 Å². The first-order valence-corrected chi connectivity index (χ1v) is 5.81. The maximum atomic E-state index is 11.8. The third-order valence-corrected chi connectivity index (χ3v) is 3.22. The van der Waals surface area contributed by atoms with Crippen molar-refractivity contribution in [2.24, 2.45) is 5.92 Å². The smallest absolute Gasteiger partial charge is 0.355 e. The van der Waals surface area contributed by atoms with Gasteiger partial charge in [-0.15, -0.1) is 0 Å². The Hall–Kier alpha value is -1.45. The van der Waals surface area contributed by atoms with Crippen molar-refractivity contribution < 1.29 is 9.53 Å². The van der Waals surface area contributed by atoms with Crippen LogP contribution in [0.5, 0.6) is 0 Å². The fraction of sp³-hybridized carbons (Fsp3) is 0.583. The van der Waals surface area contributed by atoms with E-state index in [4.69, 9.17) is 10.5 Å². The van der Waals surface area contributed by atoms with Crippen LogP contribution in [0.25, 0.3) is 0 Å². The zero-order valence-corrected chi connectivity index (χ0v) is 9.53. The summed E-state index contributed by atoms with van der Waals surface area (Å²) in [6.45, 7) is 2.14. The summed E-state index contributed by atoms with van der Waals surface area (Å²) in [6, 6.07) is 1.61. The molecule has 0 aliphatic heterocycles. The Morgan fingerprint density at radius 3 is 2.88 bits per heavy atom. The maximum absolute atomic E-state index is 11.8. The topological polar surface area (TPSA) is 68.1 Å². The van der Waals surface area contributed by atoms with Crippen molar-refractivity contribution in [2.75, 3.05) is 5.73 Å². The molecule has 1 aliphatic carbocycles. The quantitative estimate of drug-likeness (QED) is 0.754. The van der Waals surface area contributed by atoms with E-state index in [9.17, 15) is 4.79 Å². The summed E-state index contributed by atoms with van der Waals surface area (Å²) < 4.78 is 5.48. The number of rotatable bonds is 2. The Balaban J connectivity index is 1.96. The van der Waals surface area contributed by atoms with E-state index in [0.717, 1.165) is 19.3 Å². The van der Waals surface area contributed by atoms with Crippen molar-refractivity contribution >= 4 is 11.7 Å². The summed E-state index contributed by atoms with van der Waals surface area (Å²) >= 11 is 0. The zero-order chi connectivity index (χ0) is 11.5. The number of anilines is 1. The number of aromatic nitrogens is 1. The van der Waals surface area contributed by atoms with E-state index in [1.807, 2.05) is 0 Å². The van der Waals surface area contributed by atoms with E-state index in [1.165, 1.54) is 6.42 Å². The molecule has 2 unspecified atom stereocenters. The van der Waals surface area contributed by atoms with Crippen LogP contribution in [0.2, 0.25) is 0 Å². The number of nitrogens with two attached hydrogens (primary N) is 1. The molecular formula is C12H18N2O2. The van der Waals surface area contributed by atoms with Gasteiger partial charge in [0, 0.05) is 6.20 Å². The number of carbonyl (C=O) groups excluding carboxylic acids is 1. The SMILES string of the molecule is CC1CCCCC1OC(=O)c1cc(N)c[nH]1. The molecule has 1 fully saturated rings. The van der Waals surface area contributed by atoms with Crippen LogP contribution >= 0.6 is 0 Å². The molecule has 1 aromatic heterocycles. The molecule has 0 spiro atoms. The Morgan fingerprint density at radius 2 is 2.25 bits per heavy atom. The number of esters is 1. The highest BCUT2D eigenvalue weighted by molar-refractivity contribution is 5.88. The summed E-state index contributed by atoms with van der Waals surface area (Å²) in [5.41, 5.74) is 6.54. The van der Waals surface area contributed by atoms with Gasteiger partial charge in [-0.05, 0) is 31.2 Å². The molecule has 0 aromatic carbocycles. The van der Waals surface area contributed by atoms with Crippen molar-refractivity contribution in [1.29, 1.82) is 0 Å². The second-order valence-corrected chi connectivity index (χ2v) is 4.55. The van der Waals surface area contributed by atoms with Crippen LogP contribution in [-0.2, 0) is 4.74 Å². The van der Waals surface area contributed by atoms with E-state index < -0.39 is 0 Å². The number of carbonyl (C=O) groups is 1. The predicted molar refractivity (Wildman–Crippen MR) is 62.0 cm³/mol. The molecule has 0 amide bonds. The maximum Gasteiger partial charge on any atom is 0.355 e. The fourth-order valence-corrected chi connectivity index (χ4v) is 2.19. The van der Waals surface area contributed by atoms with Crippen LogP contribution in [0.15, 0.2) is 12.3 Å². The number of aromatic amines is 1. The molecule has 0 bridgehead atoms. The number of nitrogens with one attached hydrogen (secondary N) is 1. The van der Waals surface area contributed by atoms with Gasteiger partial charge in [0.1, 0.15) is 11.8 Å². The average molecular weight is 222 g/mol. The average Bonchev–Trinajstić information content (AvgIpc) is 2.68. The standard InChI is InChI=1S/C12H18N2O2/c1-8-4-2-3-5-11(8)16-12(15)10-6-9(13)7-14-10/h6-8,11,14H,2-5,13H2,1H3. The van der Waals surface area contributed by atoms with Crippen LogP contribution in [0.3, 0.4) is 0 Å². The first kappa shape index (κ1) is 11.0. The number of ether oxygens (including phenoxy) is 1. The lowest BCUT2D eigenvalue weighted by molar-refractivity contribution is 0.00427. The minimum atomic E-state index is -0.296. The third-order valence-electron chi connectivity index (χ3n) is 3.22. The minimum absolute atomic E-state index is 0.0609. The van der Waals surface area contributed by atoms with Gasteiger partial charge in [-0.3, -0.25) is 0 Å². The van der Waals surface area contributed by atoms with Gasteiger partial charge in [0.2, 0.25) is 0 Å². The van der Waals surface area contributed by atoms with E-state index in [2.05, 4.69) is 11.9 Å². The monoisotopic (exact) mass is 222 g/mol. The lowest BCUT2D eigenvalue weighted by Gasteiger charge is -2.28. The van der Waals surface area contributed by atoms with Crippen LogP contribution in [0.1, 0.15) is 43.1 Å². The summed E-state index contributed by atoms with van der Waals surface area (Å²) in [7, 11) is 0. The summed E-state index contributed by atoms with van der Waals surface area (Å²) in [5, 5.41) is 0. The van der Waals surface area contributed by atoms with Crippen LogP contribution in [-0.4, -0.2) is 17.1 Å². The Kier molecular flexibility index (Phi) is 3.17. The lowest BCUT2D eigenvalue weighted by Crippen LogP contribution is -2.28. The van der Waals surface area contributed by atoms with Gasteiger partial charge >= 0.3 is 5.97 Å². The molecule has 1 saturated carbocycles. The second-order valence-electron chi connectivity index (χ2n) is 4.55. The van der Waals surface area contributed by atoms with Crippen LogP contribution < -0.4 is 5.73 Å². The van der Waals surface area contributed by atoms with Gasteiger partial charge in [0.25, 0.3) is 0 Å². The highest BCUT2D eigenvalue weighted by atomic mass is 16.5. The second kappa shape index (κ2) is 4.60. The molecule has 88 valence electrons. The number of H-pyrrole nitrogens is 1. The zero-order valence-electron chi connectivity index (χ0n) is 9.53. The van der Waals surface area contributed by atoms with E-state index in [0.29, 0.717) is 17.3 Å². The summed E-state index contributed by atoms with van der Waals surface area (Å²) in [4.78, 5) is 14.6. The molecule has 1 aromatic rings. The highest BCUT2D eigenvalue weighted by Gasteiger charge is 2.25. The van der Waals surface area contributed by atoms with Crippen molar-refractivity contribution in [3.05, 3.63) is 18.0 Å². The number of hydrogen-bond acceptors (Lipinski definition) is 3. The molecular weight excluding hydrogens is 204 g/mol. The van der Waals surface area contributed by atoms with Gasteiger partial charge < -0.3 is 15.5 Å². The number of hydrogen-bond donors (Lipinski definition) is 2. The molecule has 2 rings (SSSR count). The van der Waals surface area contributed by atoms with Gasteiger partial charge in [-0.1, -0.05) is 13.3 Å². The Morgan fingerprint density at radius 1 is 1.50 bits per heavy atom. The largest absolute Gasteiger partial charge is 0.457 e. The van der Waals surface area contributed by atoms with E-state index >= 15 is 0 Å². The van der Waals surface area contributed by atoms with E-state index in [-0.39, 0.29) is 12.1 Å². The molecule has 1 heterocycles. The molecule has 3 N–H and O–H groups in total. The molecule has 4 nitrogen and oxygen atoms in total. The van der Waals surface area contributed by atoms with Crippen molar-refractivity contribution in [1.82, 2.24) is 4.98 Å². The van der Waals surface area contributed by atoms with Crippen molar-refractivity contribution in [3.8, 4) is 0 Å². The third kappa shape index (κ3) is 2.38. The van der Waals surface area contributed by atoms with E-state index in [1.54, 1.807) is 12.3 Å². The van der Waals surface area contributed by atoms with Gasteiger partial charge in [-0.2, -0.15) is 0 Å². The van der Waals surface area contributed by atoms with Crippen LogP contribution in [0, 0.1) is 5.92 Å². The Bertz CT molecular complexity index is 373. The normalized spacial score (nSPS) is 25.3. The molecule has 1 aliphatic rings. The van der Waals surface area contributed by atoms with Crippen LogP contribution in [0.4, 0.5) is 5.69 Å². The van der Waals surface area contributed by atoms with Gasteiger partial charge in [-0.25, -0.2) is 4.79 Å². The molecule has 0 saturated heterocycles. The van der Waals surface area contributed by atoms with Crippen molar-refractivity contribution in [2.45, 2.75) is 38.7 Å². The first-order chi connectivity index (χ1) is 7.66. The lowest BCUT2D eigenvalue weighted by atomic mass is 9.88. The predicted octanol–water partition coefficient (Wildman–Crippen LogP) is 2.33. The number of nitrogen functional groups attached to an aromatic ring is 1. The molecule has 16 heavy (non-hydrogen) atoms. The van der Waals surface area contributed by atoms with Gasteiger partial charge in [0.05, 0.1) is 5.69 Å². The summed E-state index contributed by atoms with van der Waals surface area (Å²) in [5.74, 6) is 0.167. The van der Waals surface area contributed by atoms with Gasteiger partial charge in [0.15, 0.2) is 0 Å². The molecule has 4 heteroatoms. The highest BCUT2D eigenvalue weighted by Crippen LogP contribution is 2.27. The first-order valence-electron chi connectivity index (χ1n) is 5.81. The fourth-order valence-electron chi connectivity index (χ4n) is 2.19. The molecule has 0 radical (unpaired) electrons. The minimum Gasteiger partial charge on any atom is -0.457 e.